The second kappa shape index (κ2) is 3.85. The van der Waals surface area contributed by atoms with Gasteiger partial charge >= 0.3 is 0 Å². The molecule has 76 valence electrons. The maximum Gasteiger partial charge on any atom is 0.256 e. The molecule has 2 N–H and O–H groups in total. The normalized spacial score (nSPS) is 11.3. The topological polar surface area (TPSA) is 90.1 Å². The third-order valence-electron chi connectivity index (χ3n) is 1.66. The van der Waals surface area contributed by atoms with Gasteiger partial charge in [0.2, 0.25) is 0 Å². The Labute approximate surface area is 82.0 Å². The molecule has 0 bridgehead atoms. The molecule has 0 spiro atoms. The Hall–Kier alpha value is -1.27. The fourth-order valence-electron chi connectivity index (χ4n) is 1.02. The number of hydrogen-bond acceptors (Lipinski definition) is 4. The first-order chi connectivity index (χ1) is 6.46. The number of carbonyl (C=O) groups excluding carboxylic acids is 1. The SMILES string of the molecule is CCC(=O)c1cccnc1S(N)(=O)=O. The van der Waals surface area contributed by atoms with Crippen LogP contribution >= 0.6 is 0 Å². The molecule has 0 aliphatic rings. The summed E-state index contributed by atoms with van der Waals surface area (Å²) >= 11 is 0. The fourth-order valence-corrected chi connectivity index (χ4v) is 1.72. The lowest BCUT2D eigenvalue weighted by molar-refractivity contribution is 0.0984. The largest absolute Gasteiger partial charge is 0.294 e. The minimum atomic E-state index is -3.92. The van der Waals surface area contributed by atoms with E-state index in [1.807, 2.05) is 0 Å². The zero-order valence-electron chi connectivity index (χ0n) is 7.60. The molecule has 0 radical (unpaired) electrons. The van der Waals surface area contributed by atoms with Gasteiger partial charge in [-0.1, -0.05) is 6.92 Å². The number of Topliss-reactive ketones (excluding diaryl/α,β-unsaturated/α-hetero) is 1. The monoisotopic (exact) mass is 214 g/mol. The first kappa shape index (κ1) is 10.8. The Balaban J connectivity index is 3.38. The first-order valence-electron chi connectivity index (χ1n) is 3.98. The number of nitrogens with two attached hydrogens (primary N) is 1. The summed E-state index contributed by atoms with van der Waals surface area (Å²) in [4.78, 5) is 14.9. The molecule has 0 aromatic carbocycles. The van der Waals surface area contributed by atoms with Gasteiger partial charge in [0.25, 0.3) is 10.0 Å². The van der Waals surface area contributed by atoms with Crippen LogP contribution in [0.1, 0.15) is 23.7 Å². The molecule has 0 amide bonds. The molecule has 1 aromatic heterocycles. The average molecular weight is 214 g/mol. The van der Waals surface area contributed by atoms with Crippen molar-refractivity contribution in [3.8, 4) is 0 Å². The summed E-state index contributed by atoms with van der Waals surface area (Å²) in [5.74, 6) is -0.290. The van der Waals surface area contributed by atoms with Crippen molar-refractivity contribution < 1.29 is 13.2 Å². The van der Waals surface area contributed by atoms with Crippen molar-refractivity contribution in [1.29, 1.82) is 0 Å². The molecular formula is C8H10N2O3S. The molecular weight excluding hydrogens is 204 g/mol. The third-order valence-corrected chi connectivity index (χ3v) is 2.53. The number of aromatic nitrogens is 1. The van der Waals surface area contributed by atoms with Crippen molar-refractivity contribution in [3.05, 3.63) is 23.9 Å². The van der Waals surface area contributed by atoms with Gasteiger partial charge in [0, 0.05) is 12.6 Å². The minimum absolute atomic E-state index is 0.0532. The van der Waals surface area contributed by atoms with Crippen molar-refractivity contribution in [3.63, 3.8) is 0 Å². The lowest BCUT2D eigenvalue weighted by Crippen LogP contribution is -2.18. The van der Waals surface area contributed by atoms with E-state index < -0.39 is 10.0 Å². The van der Waals surface area contributed by atoms with Gasteiger partial charge < -0.3 is 0 Å². The Morgan fingerprint density at radius 3 is 2.71 bits per heavy atom. The summed E-state index contributed by atoms with van der Waals surface area (Å²) in [5.41, 5.74) is 0.0532. The lowest BCUT2D eigenvalue weighted by Gasteiger charge is -2.03. The predicted molar refractivity (Wildman–Crippen MR) is 50.2 cm³/mol. The summed E-state index contributed by atoms with van der Waals surface area (Å²) in [6, 6.07) is 2.90. The number of hydrogen-bond donors (Lipinski definition) is 1. The van der Waals surface area contributed by atoms with Crippen molar-refractivity contribution >= 4 is 15.8 Å². The molecule has 0 unspecified atom stereocenters. The third kappa shape index (κ3) is 2.15. The molecule has 1 aromatic rings. The highest BCUT2D eigenvalue weighted by atomic mass is 32.2. The van der Waals surface area contributed by atoms with Crippen LogP contribution in [0.5, 0.6) is 0 Å². The zero-order valence-corrected chi connectivity index (χ0v) is 8.41. The van der Waals surface area contributed by atoms with Crippen molar-refractivity contribution in [2.24, 2.45) is 5.14 Å². The highest BCUT2D eigenvalue weighted by molar-refractivity contribution is 7.89. The Morgan fingerprint density at radius 2 is 2.21 bits per heavy atom. The summed E-state index contributed by atoms with van der Waals surface area (Å²) in [7, 11) is -3.92. The number of carbonyl (C=O) groups is 1. The first-order valence-corrected chi connectivity index (χ1v) is 5.52. The van der Waals surface area contributed by atoms with Gasteiger partial charge in [-0.3, -0.25) is 4.79 Å². The quantitative estimate of drug-likeness (QED) is 0.734. The number of ketones is 1. The molecule has 0 saturated heterocycles. The average Bonchev–Trinajstić information content (AvgIpc) is 2.15. The number of rotatable bonds is 3. The van der Waals surface area contributed by atoms with Gasteiger partial charge in [-0.15, -0.1) is 0 Å². The number of nitrogens with zero attached hydrogens (tertiary/aromatic N) is 1. The van der Waals surface area contributed by atoms with Crippen LogP contribution in [-0.4, -0.2) is 19.2 Å². The van der Waals surface area contributed by atoms with Crippen LogP contribution in [0.25, 0.3) is 0 Å². The van der Waals surface area contributed by atoms with Gasteiger partial charge in [-0.2, -0.15) is 0 Å². The maximum absolute atomic E-state index is 11.3. The van der Waals surface area contributed by atoms with Gasteiger partial charge in [0.15, 0.2) is 10.8 Å². The smallest absolute Gasteiger partial charge is 0.256 e. The van der Waals surface area contributed by atoms with Crippen molar-refractivity contribution in [1.82, 2.24) is 4.98 Å². The fraction of sp³-hybridized carbons (Fsp3) is 0.250. The summed E-state index contributed by atoms with van der Waals surface area (Å²) in [6.07, 6.45) is 1.50. The minimum Gasteiger partial charge on any atom is -0.294 e. The highest BCUT2D eigenvalue weighted by Gasteiger charge is 2.18. The van der Waals surface area contributed by atoms with E-state index in [1.54, 1.807) is 6.92 Å². The molecule has 14 heavy (non-hydrogen) atoms. The van der Waals surface area contributed by atoms with E-state index in [0.717, 1.165) is 0 Å². The van der Waals surface area contributed by atoms with Crippen LogP contribution in [0.3, 0.4) is 0 Å². The van der Waals surface area contributed by atoms with Gasteiger partial charge in [0.1, 0.15) is 0 Å². The number of sulfonamides is 1. The molecule has 6 heteroatoms. The Kier molecular flexibility index (Phi) is 2.97. The lowest BCUT2D eigenvalue weighted by atomic mass is 10.1. The van der Waals surface area contributed by atoms with E-state index in [1.165, 1.54) is 18.3 Å². The van der Waals surface area contributed by atoms with Crippen molar-refractivity contribution in [2.75, 3.05) is 0 Å². The molecule has 0 atom stereocenters. The number of pyridine rings is 1. The molecule has 5 nitrogen and oxygen atoms in total. The predicted octanol–water partition coefficient (Wildman–Crippen LogP) is 0.322. The zero-order chi connectivity index (χ0) is 10.8. The molecule has 0 saturated carbocycles. The van der Waals surface area contributed by atoms with Gasteiger partial charge in [-0.05, 0) is 12.1 Å². The summed E-state index contributed by atoms with van der Waals surface area (Å²) in [6.45, 7) is 1.64. The molecule has 0 fully saturated rings. The second-order valence-electron chi connectivity index (χ2n) is 2.68. The van der Waals surface area contributed by atoms with Crippen LogP contribution < -0.4 is 5.14 Å². The van der Waals surface area contributed by atoms with Crippen molar-refractivity contribution in [2.45, 2.75) is 18.4 Å². The molecule has 0 aliphatic heterocycles. The summed E-state index contributed by atoms with van der Waals surface area (Å²) in [5, 5.41) is 4.55. The Bertz CT molecular complexity index is 453. The van der Waals surface area contributed by atoms with E-state index in [-0.39, 0.29) is 22.8 Å². The van der Waals surface area contributed by atoms with E-state index in [4.69, 9.17) is 5.14 Å². The standard InChI is InChI=1S/C8H10N2O3S/c1-2-7(11)6-4-3-5-10-8(6)14(9,12)13/h3-5H,2H2,1H3,(H2,9,12,13). The van der Waals surface area contributed by atoms with E-state index in [0.29, 0.717) is 0 Å². The number of primary sulfonamides is 1. The van der Waals surface area contributed by atoms with Crippen LogP contribution in [0.4, 0.5) is 0 Å². The molecule has 0 aliphatic carbocycles. The second-order valence-corrected chi connectivity index (χ2v) is 4.15. The molecule has 1 heterocycles. The van der Waals surface area contributed by atoms with Crippen LogP contribution in [-0.2, 0) is 10.0 Å². The van der Waals surface area contributed by atoms with Crippen LogP contribution in [0.15, 0.2) is 23.4 Å². The highest BCUT2D eigenvalue weighted by Crippen LogP contribution is 2.12. The molecule has 1 rings (SSSR count). The van der Waals surface area contributed by atoms with E-state index >= 15 is 0 Å². The van der Waals surface area contributed by atoms with Crippen LogP contribution in [0, 0.1) is 0 Å². The summed E-state index contributed by atoms with van der Waals surface area (Å²) < 4.78 is 22.1. The van der Waals surface area contributed by atoms with Crippen LogP contribution in [0.2, 0.25) is 0 Å². The van der Waals surface area contributed by atoms with Gasteiger partial charge in [0.05, 0.1) is 5.56 Å². The maximum atomic E-state index is 11.3. The van der Waals surface area contributed by atoms with Gasteiger partial charge in [-0.25, -0.2) is 18.5 Å². The van der Waals surface area contributed by atoms with E-state index in [2.05, 4.69) is 4.98 Å². The Morgan fingerprint density at radius 1 is 1.57 bits per heavy atom. The van der Waals surface area contributed by atoms with E-state index in [9.17, 15) is 13.2 Å².